The van der Waals surface area contributed by atoms with Gasteiger partial charge in [-0.25, -0.2) is 9.78 Å². The average Bonchev–Trinajstić information content (AvgIpc) is 3.11. The van der Waals surface area contributed by atoms with E-state index in [1.54, 1.807) is 18.2 Å². The van der Waals surface area contributed by atoms with Crippen LogP contribution in [0.2, 0.25) is 0 Å². The summed E-state index contributed by atoms with van der Waals surface area (Å²) < 4.78 is 4.88. The summed E-state index contributed by atoms with van der Waals surface area (Å²) in [5.74, 6) is -0.248. The molecule has 2 N–H and O–H groups in total. The van der Waals surface area contributed by atoms with Crippen molar-refractivity contribution < 1.29 is 14.6 Å². The van der Waals surface area contributed by atoms with Gasteiger partial charge in [0.1, 0.15) is 11.8 Å². The van der Waals surface area contributed by atoms with E-state index in [1.165, 1.54) is 18.4 Å². The minimum Gasteiger partial charge on any atom is -0.508 e. The number of carbonyl (C=O) groups excluding carboxylic acids is 1. The van der Waals surface area contributed by atoms with Crippen LogP contribution in [0.25, 0.3) is 11.3 Å². The number of aromatic nitrogens is 1. The fourth-order valence-corrected chi connectivity index (χ4v) is 3.24. The summed E-state index contributed by atoms with van der Waals surface area (Å²) in [5, 5.41) is 15.6. The van der Waals surface area contributed by atoms with E-state index in [-0.39, 0.29) is 5.75 Å². The van der Waals surface area contributed by atoms with E-state index in [2.05, 4.69) is 10.3 Å². The first-order valence-electron chi connectivity index (χ1n) is 7.79. The fourth-order valence-electron chi connectivity index (χ4n) is 2.47. The molecule has 0 aliphatic rings. The van der Waals surface area contributed by atoms with Gasteiger partial charge in [-0.2, -0.15) is 0 Å². The van der Waals surface area contributed by atoms with Gasteiger partial charge in [0.15, 0.2) is 5.13 Å². The van der Waals surface area contributed by atoms with E-state index in [0.717, 1.165) is 11.3 Å². The zero-order valence-electron chi connectivity index (χ0n) is 13.7. The number of hydrogen-bond acceptors (Lipinski definition) is 6. The minimum atomic E-state index is -0.631. The fraction of sp³-hybridized carbons (Fsp3) is 0.158. The Bertz CT molecular complexity index is 849. The number of aromatic hydroxyl groups is 1. The quantitative estimate of drug-likeness (QED) is 0.660. The number of rotatable bonds is 6. The Morgan fingerprint density at radius 2 is 1.92 bits per heavy atom. The van der Waals surface area contributed by atoms with Crippen LogP contribution in [0, 0.1) is 0 Å². The lowest BCUT2D eigenvalue weighted by atomic mass is 10.1. The second-order valence-electron chi connectivity index (χ2n) is 5.46. The molecule has 25 heavy (non-hydrogen) atoms. The summed E-state index contributed by atoms with van der Waals surface area (Å²) in [6.45, 7) is 0. The molecule has 1 heterocycles. The van der Waals surface area contributed by atoms with Crippen molar-refractivity contribution in [3.8, 4) is 17.0 Å². The number of thiazole rings is 1. The van der Waals surface area contributed by atoms with E-state index < -0.39 is 12.0 Å². The third-order valence-electron chi connectivity index (χ3n) is 3.77. The first kappa shape index (κ1) is 17.0. The smallest absolute Gasteiger partial charge is 0.328 e. The van der Waals surface area contributed by atoms with Gasteiger partial charge in [0.05, 0.1) is 12.8 Å². The third kappa shape index (κ3) is 4.16. The maximum atomic E-state index is 12.1. The topological polar surface area (TPSA) is 71.5 Å². The number of nitrogens with zero attached hydrogens (tertiary/aromatic N) is 1. The van der Waals surface area contributed by atoms with Crippen LogP contribution >= 0.6 is 11.3 Å². The highest BCUT2D eigenvalue weighted by Crippen LogP contribution is 2.26. The van der Waals surface area contributed by atoms with Gasteiger partial charge in [-0.3, -0.25) is 0 Å². The molecule has 0 aliphatic heterocycles. The molecule has 2 aromatic carbocycles. The Labute approximate surface area is 149 Å². The summed E-state index contributed by atoms with van der Waals surface area (Å²) >= 11 is 1.42. The monoisotopic (exact) mass is 354 g/mol. The number of carbonyl (C=O) groups is 1. The lowest BCUT2D eigenvalue weighted by Crippen LogP contribution is -2.32. The number of hydrogen-bond donors (Lipinski definition) is 2. The predicted molar refractivity (Wildman–Crippen MR) is 98.8 cm³/mol. The lowest BCUT2D eigenvalue weighted by Gasteiger charge is -2.16. The van der Waals surface area contributed by atoms with Crippen LogP contribution in [0.1, 0.15) is 5.56 Å². The van der Waals surface area contributed by atoms with E-state index in [1.807, 2.05) is 41.8 Å². The van der Waals surface area contributed by atoms with Crippen molar-refractivity contribution in [3.05, 3.63) is 65.5 Å². The van der Waals surface area contributed by atoms with Crippen LogP contribution in [0.4, 0.5) is 5.13 Å². The third-order valence-corrected chi connectivity index (χ3v) is 4.55. The summed E-state index contributed by atoms with van der Waals surface area (Å²) in [6, 6.07) is 16.1. The molecule has 0 amide bonds. The standard InChI is InChI=1S/C19H18N2O3S/c1-24-18(23)15(11-14-9-5-6-10-17(14)22)20-19-21-16(12-25-19)13-7-3-2-4-8-13/h2-10,12,15,22H,11H2,1H3,(H,20,21). The number of benzene rings is 2. The number of anilines is 1. The van der Waals surface area contributed by atoms with Crippen molar-refractivity contribution in [2.75, 3.05) is 12.4 Å². The Morgan fingerprint density at radius 3 is 2.64 bits per heavy atom. The minimum absolute atomic E-state index is 0.155. The largest absolute Gasteiger partial charge is 0.508 e. The van der Waals surface area contributed by atoms with Crippen molar-refractivity contribution in [1.82, 2.24) is 4.98 Å². The molecule has 6 heteroatoms. The summed E-state index contributed by atoms with van der Waals surface area (Å²) in [5.41, 5.74) is 2.53. The van der Waals surface area contributed by atoms with E-state index in [0.29, 0.717) is 17.1 Å². The molecule has 0 radical (unpaired) electrons. The molecule has 128 valence electrons. The number of phenols is 1. The van der Waals surface area contributed by atoms with Crippen molar-refractivity contribution in [2.24, 2.45) is 0 Å². The Balaban J connectivity index is 1.78. The molecule has 1 aromatic heterocycles. The first-order chi connectivity index (χ1) is 12.2. The molecule has 1 unspecified atom stereocenters. The molecule has 0 aliphatic carbocycles. The molecular formula is C19H18N2O3S. The lowest BCUT2D eigenvalue weighted by molar-refractivity contribution is -0.141. The van der Waals surface area contributed by atoms with Gasteiger partial charge < -0.3 is 15.2 Å². The molecule has 0 saturated heterocycles. The molecule has 0 spiro atoms. The molecular weight excluding hydrogens is 336 g/mol. The molecule has 3 rings (SSSR count). The summed E-state index contributed by atoms with van der Waals surface area (Å²) in [7, 11) is 1.35. The molecule has 1 atom stereocenters. The number of phenolic OH excluding ortho intramolecular Hbond substituents is 1. The number of esters is 1. The van der Waals surface area contributed by atoms with E-state index in [4.69, 9.17) is 4.74 Å². The van der Waals surface area contributed by atoms with Gasteiger partial charge >= 0.3 is 5.97 Å². The van der Waals surface area contributed by atoms with Crippen LogP contribution in [0.3, 0.4) is 0 Å². The predicted octanol–water partition coefficient (Wildman–Crippen LogP) is 3.71. The number of methoxy groups -OCH3 is 1. The van der Waals surface area contributed by atoms with Gasteiger partial charge in [-0.15, -0.1) is 11.3 Å². The van der Waals surface area contributed by atoms with E-state index in [9.17, 15) is 9.90 Å². The maximum Gasteiger partial charge on any atom is 0.328 e. The van der Waals surface area contributed by atoms with Gasteiger partial charge in [-0.05, 0) is 11.6 Å². The summed E-state index contributed by atoms with van der Waals surface area (Å²) in [4.78, 5) is 16.7. The second-order valence-corrected chi connectivity index (χ2v) is 6.31. The maximum absolute atomic E-state index is 12.1. The zero-order chi connectivity index (χ0) is 17.6. The molecule has 0 saturated carbocycles. The van der Waals surface area contributed by atoms with Crippen LogP contribution in [-0.4, -0.2) is 29.2 Å². The molecule has 5 nitrogen and oxygen atoms in total. The highest BCUT2D eigenvalue weighted by molar-refractivity contribution is 7.14. The number of para-hydroxylation sites is 1. The van der Waals surface area contributed by atoms with Crippen LogP contribution < -0.4 is 5.32 Å². The van der Waals surface area contributed by atoms with Crippen LogP contribution in [0.15, 0.2) is 60.0 Å². The molecule has 0 fully saturated rings. The van der Waals surface area contributed by atoms with Crippen LogP contribution in [0.5, 0.6) is 5.75 Å². The normalized spacial score (nSPS) is 11.7. The second kappa shape index (κ2) is 7.81. The van der Waals surface area contributed by atoms with Gasteiger partial charge in [0.25, 0.3) is 0 Å². The highest BCUT2D eigenvalue weighted by atomic mass is 32.1. The number of nitrogens with one attached hydrogen (secondary N) is 1. The van der Waals surface area contributed by atoms with Crippen molar-refractivity contribution >= 4 is 22.4 Å². The molecule has 3 aromatic rings. The van der Waals surface area contributed by atoms with Crippen molar-refractivity contribution in [3.63, 3.8) is 0 Å². The van der Waals surface area contributed by atoms with E-state index >= 15 is 0 Å². The van der Waals surface area contributed by atoms with Crippen LogP contribution in [-0.2, 0) is 16.0 Å². The Hall–Kier alpha value is -2.86. The summed E-state index contributed by atoms with van der Waals surface area (Å²) in [6.07, 6.45) is 0.305. The number of ether oxygens (including phenoxy) is 1. The SMILES string of the molecule is COC(=O)C(Cc1ccccc1O)Nc1nc(-c2ccccc2)cs1. The first-order valence-corrected chi connectivity index (χ1v) is 8.67. The van der Waals surface area contributed by atoms with Crippen molar-refractivity contribution in [2.45, 2.75) is 12.5 Å². The van der Waals surface area contributed by atoms with Gasteiger partial charge in [0.2, 0.25) is 0 Å². The molecule has 0 bridgehead atoms. The Morgan fingerprint density at radius 1 is 1.20 bits per heavy atom. The van der Waals surface area contributed by atoms with Gasteiger partial charge in [-0.1, -0.05) is 48.5 Å². The average molecular weight is 354 g/mol. The van der Waals surface area contributed by atoms with Gasteiger partial charge in [0, 0.05) is 17.4 Å². The zero-order valence-corrected chi connectivity index (χ0v) is 14.5. The Kier molecular flexibility index (Phi) is 5.30. The highest BCUT2D eigenvalue weighted by Gasteiger charge is 2.22. The van der Waals surface area contributed by atoms with Crippen molar-refractivity contribution in [1.29, 1.82) is 0 Å².